The number of para-hydroxylation sites is 3. The molecule has 0 atom stereocenters. The highest BCUT2D eigenvalue weighted by Gasteiger charge is 2.43. The molecule has 0 saturated carbocycles. The molecule has 1 aromatic heterocycles. The predicted octanol–water partition coefficient (Wildman–Crippen LogP) is 12.3. The summed E-state index contributed by atoms with van der Waals surface area (Å²) in [5.41, 5.74) is 18.9. The van der Waals surface area contributed by atoms with E-state index < -0.39 is 0 Å². The molecular formula is C52H39BN2O. The lowest BCUT2D eigenvalue weighted by Gasteiger charge is -2.44. The van der Waals surface area contributed by atoms with E-state index in [-0.39, 0.29) is 12.1 Å². The van der Waals surface area contributed by atoms with E-state index in [2.05, 4.69) is 206 Å². The summed E-state index contributed by atoms with van der Waals surface area (Å²) >= 11 is 0. The molecule has 2 aliphatic rings. The van der Waals surface area contributed by atoms with Crippen molar-refractivity contribution < 1.29 is 4.42 Å². The van der Waals surface area contributed by atoms with Gasteiger partial charge in [-0.2, -0.15) is 0 Å². The van der Waals surface area contributed by atoms with Crippen LogP contribution in [-0.2, 0) is 5.41 Å². The van der Waals surface area contributed by atoms with E-state index in [0.717, 1.165) is 44.4 Å². The molecule has 11 rings (SSSR count). The van der Waals surface area contributed by atoms with Crippen LogP contribution in [0.1, 0.15) is 26.3 Å². The lowest BCUT2D eigenvalue weighted by Crippen LogP contribution is -2.61. The summed E-state index contributed by atoms with van der Waals surface area (Å²) in [6.45, 7) is 6.97. The summed E-state index contributed by atoms with van der Waals surface area (Å²) in [5, 5.41) is 2.29. The van der Waals surface area contributed by atoms with Crippen LogP contribution < -0.4 is 26.2 Å². The number of hydrogen-bond acceptors (Lipinski definition) is 3. The molecule has 0 aliphatic carbocycles. The van der Waals surface area contributed by atoms with Gasteiger partial charge in [0.25, 0.3) is 6.71 Å². The van der Waals surface area contributed by atoms with Crippen molar-refractivity contribution >= 4 is 79.2 Å². The minimum absolute atomic E-state index is 0.0208. The third-order valence-corrected chi connectivity index (χ3v) is 11.8. The van der Waals surface area contributed by atoms with E-state index >= 15 is 0 Å². The van der Waals surface area contributed by atoms with E-state index in [9.17, 15) is 0 Å². The first-order valence-electron chi connectivity index (χ1n) is 19.6. The maximum Gasteiger partial charge on any atom is 0.252 e. The zero-order valence-electron chi connectivity index (χ0n) is 31.7. The molecule has 0 N–H and O–H groups in total. The molecule has 0 fully saturated rings. The van der Waals surface area contributed by atoms with Crippen LogP contribution in [0, 0.1) is 0 Å². The molecule has 9 aromatic rings. The number of fused-ring (bicyclic) bond motifs is 7. The van der Waals surface area contributed by atoms with E-state index in [1.807, 2.05) is 6.07 Å². The third kappa shape index (κ3) is 4.99. The molecule has 0 unspecified atom stereocenters. The highest BCUT2D eigenvalue weighted by Crippen LogP contribution is 2.45. The van der Waals surface area contributed by atoms with E-state index in [0.29, 0.717) is 0 Å². The van der Waals surface area contributed by atoms with Crippen molar-refractivity contribution in [1.82, 2.24) is 0 Å². The van der Waals surface area contributed by atoms with Crippen molar-refractivity contribution in [2.24, 2.45) is 0 Å². The molecule has 0 radical (unpaired) electrons. The van der Waals surface area contributed by atoms with Gasteiger partial charge in [-0.15, -0.1) is 0 Å². The Bertz CT molecular complexity index is 2960. The van der Waals surface area contributed by atoms with Crippen LogP contribution >= 0.6 is 0 Å². The molecule has 8 aromatic carbocycles. The second-order valence-corrected chi connectivity index (χ2v) is 16.1. The Balaban J connectivity index is 1.13. The maximum absolute atomic E-state index is 6.46. The number of hydrogen-bond donors (Lipinski definition) is 0. The van der Waals surface area contributed by atoms with E-state index in [4.69, 9.17) is 4.42 Å². The average Bonchev–Trinajstić information content (AvgIpc) is 3.63. The lowest BCUT2D eigenvalue weighted by molar-refractivity contribution is 0.590. The molecule has 56 heavy (non-hydrogen) atoms. The summed E-state index contributed by atoms with van der Waals surface area (Å²) < 4.78 is 6.46. The summed E-state index contributed by atoms with van der Waals surface area (Å²) in [5.74, 6) is 0. The van der Waals surface area contributed by atoms with Crippen molar-refractivity contribution in [1.29, 1.82) is 0 Å². The van der Waals surface area contributed by atoms with Crippen LogP contribution in [0.15, 0.2) is 186 Å². The van der Waals surface area contributed by atoms with Crippen LogP contribution in [-0.4, -0.2) is 6.71 Å². The number of furan rings is 1. The summed E-state index contributed by atoms with van der Waals surface area (Å²) in [4.78, 5) is 4.96. The van der Waals surface area contributed by atoms with Gasteiger partial charge in [0.2, 0.25) is 0 Å². The quantitative estimate of drug-likeness (QED) is 0.169. The summed E-state index contributed by atoms with van der Waals surface area (Å²) in [6.07, 6.45) is 0. The van der Waals surface area contributed by atoms with Gasteiger partial charge in [-0.3, -0.25) is 0 Å². The highest BCUT2D eigenvalue weighted by molar-refractivity contribution is 7.00. The zero-order chi connectivity index (χ0) is 37.5. The van der Waals surface area contributed by atoms with Gasteiger partial charge in [0.05, 0.1) is 0 Å². The minimum Gasteiger partial charge on any atom is -0.455 e. The lowest BCUT2D eigenvalue weighted by atomic mass is 9.33. The van der Waals surface area contributed by atoms with Crippen molar-refractivity contribution in [3.8, 4) is 22.3 Å². The fourth-order valence-corrected chi connectivity index (χ4v) is 9.11. The first-order chi connectivity index (χ1) is 27.4. The molecule has 3 heterocycles. The summed E-state index contributed by atoms with van der Waals surface area (Å²) in [7, 11) is 0. The molecular weight excluding hydrogens is 679 g/mol. The van der Waals surface area contributed by atoms with Gasteiger partial charge < -0.3 is 14.2 Å². The van der Waals surface area contributed by atoms with Crippen LogP contribution in [0.5, 0.6) is 0 Å². The fourth-order valence-electron chi connectivity index (χ4n) is 9.11. The first-order valence-corrected chi connectivity index (χ1v) is 19.6. The second kappa shape index (κ2) is 12.4. The fraction of sp³-hybridized carbons (Fsp3) is 0.0769. The van der Waals surface area contributed by atoms with Crippen LogP contribution in [0.4, 0.5) is 34.1 Å². The minimum atomic E-state index is -0.0208. The topological polar surface area (TPSA) is 19.6 Å². The average molecular weight is 719 g/mol. The number of anilines is 6. The van der Waals surface area contributed by atoms with Crippen molar-refractivity contribution in [2.75, 3.05) is 9.80 Å². The molecule has 0 bridgehead atoms. The molecule has 4 heteroatoms. The molecule has 2 aliphatic heterocycles. The van der Waals surface area contributed by atoms with Crippen molar-refractivity contribution in [2.45, 2.75) is 26.2 Å². The Morgan fingerprint density at radius 2 is 1.09 bits per heavy atom. The van der Waals surface area contributed by atoms with Crippen molar-refractivity contribution in [3.63, 3.8) is 0 Å². The Morgan fingerprint density at radius 3 is 1.86 bits per heavy atom. The van der Waals surface area contributed by atoms with Gasteiger partial charge in [-0.1, -0.05) is 148 Å². The van der Waals surface area contributed by atoms with Gasteiger partial charge in [0.1, 0.15) is 11.2 Å². The van der Waals surface area contributed by atoms with Gasteiger partial charge in [-0.25, -0.2) is 0 Å². The third-order valence-electron chi connectivity index (χ3n) is 11.8. The highest BCUT2D eigenvalue weighted by atomic mass is 16.3. The van der Waals surface area contributed by atoms with Gasteiger partial charge >= 0.3 is 0 Å². The van der Waals surface area contributed by atoms with E-state index in [1.165, 1.54) is 55.8 Å². The van der Waals surface area contributed by atoms with Crippen LogP contribution in [0.2, 0.25) is 0 Å². The molecule has 3 nitrogen and oxygen atoms in total. The number of rotatable bonds is 4. The standard InChI is InChI=1S/C52H39BN2O/c1-52(2,3)37-27-30-43-48(33-37)55(39-28-24-35(25-29-39)40-19-12-20-42-41-18-10-11-23-49(41)56-51(40)42)47-22-13-21-46-50(47)53(43)44-32-36(34-14-6-4-7-15-34)26-31-45(44)54(46)38-16-8-5-9-17-38/h4-33H,1-3H3. The molecule has 0 saturated heterocycles. The van der Waals surface area contributed by atoms with E-state index in [1.54, 1.807) is 0 Å². The monoisotopic (exact) mass is 718 g/mol. The normalized spacial score (nSPS) is 13.2. The smallest absolute Gasteiger partial charge is 0.252 e. The molecule has 0 spiro atoms. The number of benzene rings is 8. The Hall–Kier alpha value is -6.78. The van der Waals surface area contributed by atoms with Crippen molar-refractivity contribution in [3.05, 3.63) is 188 Å². The summed E-state index contributed by atoms with van der Waals surface area (Å²) in [6, 6.07) is 66.5. The Labute approximate surface area is 328 Å². The van der Waals surface area contributed by atoms with Crippen LogP contribution in [0.25, 0.3) is 44.2 Å². The maximum atomic E-state index is 6.46. The largest absolute Gasteiger partial charge is 0.455 e. The second-order valence-electron chi connectivity index (χ2n) is 16.1. The first kappa shape index (κ1) is 32.6. The van der Waals surface area contributed by atoms with Gasteiger partial charge in [-0.05, 0) is 98.7 Å². The predicted molar refractivity (Wildman–Crippen MR) is 237 cm³/mol. The Morgan fingerprint density at radius 1 is 0.446 bits per heavy atom. The number of nitrogens with zero attached hydrogens (tertiary/aromatic N) is 2. The molecule has 0 amide bonds. The van der Waals surface area contributed by atoms with Gasteiger partial charge in [0.15, 0.2) is 0 Å². The van der Waals surface area contributed by atoms with Gasteiger partial charge in [0, 0.05) is 50.5 Å². The van der Waals surface area contributed by atoms with Crippen LogP contribution in [0.3, 0.4) is 0 Å². The Kier molecular flexibility index (Phi) is 7.21. The zero-order valence-corrected chi connectivity index (χ0v) is 31.7. The SMILES string of the molecule is CC(C)(C)c1ccc2c(c1)N(c1ccc(-c3cccc4c3oc3ccccc34)cc1)c1cccc3c1B2c1cc(-c2ccccc2)ccc1N3c1ccccc1. The molecule has 266 valence electrons.